The average molecular weight is 389 g/mol. The molecule has 3 rings (SSSR count). The van der Waals surface area contributed by atoms with Gasteiger partial charge in [0.05, 0.1) is 18.8 Å². The van der Waals surface area contributed by atoms with Crippen LogP contribution in [0.4, 0.5) is 0 Å². The maximum absolute atomic E-state index is 13.2. The van der Waals surface area contributed by atoms with Gasteiger partial charge in [-0.3, -0.25) is 9.59 Å². The second kappa shape index (κ2) is 9.52. The summed E-state index contributed by atoms with van der Waals surface area (Å²) >= 11 is 0. The number of hydrogen-bond donors (Lipinski definition) is 0. The Morgan fingerprint density at radius 2 is 2.00 bits per heavy atom. The molecule has 1 aromatic rings. The van der Waals surface area contributed by atoms with Gasteiger partial charge in [-0.05, 0) is 24.3 Å². The van der Waals surface area contributed by atoms with E-state index in [0.29, 0.717) is 32.2 Å². The number of methoxy groups -OCH3 is 1. The standard InChI is InChI=1S/C22H32N2O4/c1-16(2)20-11-18(9-10-28-20)22(26)24-14-19(27-3)13-23(21(25)15-24)12-17-7-5-4-6-8-17/h4-8,16,18-20H,9-15H2,1-3H3. The number of rotatable bonds is 5. The van der Waals surface area contributed by atoms with Crippen LogP contribution in [0.15, 0.2) is 30.3 Å². The molecule has 0 radical (unpaired) electrons. The fraction of sp³-hybridized carbons (Fsp3) is 0.636. The Labute approximate surface area is 167 Å². The summed E-state index contributed by atoms with van der Waals surface area (Å²) in [5.41, 5.74) is 1.08. The molecule has 0 aliphatic carbocycles. The third kappa shape index (κ3) is 5.11. The molecule has 2 aliphatic rings. The van der Waals surface area contributed by atoms with Gasteiger partial charge in [0.1, 0.15) is 0 Å². The normalized spacial score (nSPS) is 26.4. The van der Waals surface area contributed by atoms with Gasteiger partial charge in [-0.15, -0.1) is 0 Å². The lowest BCUT2D eigenvalue weighted by Crippen LogP contribution is -2.45. The maximum Gasteiger partial charge on any atom is 0.242 e. The molecule has 2 aliphatic heterocycles. The Bertz CT molecular complexity index is 664. The molecule has 3 unspecified atom stereocenters. The van der Waals surface area contributed by atoms with Crippen molar-refractivity contribution in [2.75, 3.05) is 33.4 Å². The molecular formula is C22H32N2O4. The van der Waals surface area contributed by atoms with Crippen molar-refractivity contribution in [1.29, 1.82) is 0 Å². The largest absolute Gasteiger partial charge is 0.378 e. The van der Waals surface area contributed by atoms with Gasteiger partial charge in [-0.1, -0.05) is 44.2 Å². The summed E-state index contributed by atoms with van der Waals surface area (Å²) in [5, 5.41) is 0. The van der Waals surface area contributed by atoms with E-state index < -0.39 is 0 Å². The van der Waals surface area contributed by atoms with Crippen molar-refractivity contribution in [1.82, 2.24) is 9.80 Å². The lowest BCUT2D eigenvalue weighted by Gasteiger charge is -2.34. The Morgan fingerprint density at radius 1 is 1.25 bits per heavy atom. The minimum absolute atomic E-state index is 0.0239. The zero-order valence-corrected chi connectivity index (χ0v) is 17.2. The molecule has 0 aromatic heterocycles. The van der Waals surface area contributed by atoms with E-state index >= 15 is 0 Å². The molecule has 2 fully saturated rings. The Balaban J connectivity index is 1.69. The number of carbonyl (C=O) groups excluding carboxylic acids is 2. The van der Waals surface area contributed by atoms with Gasteiger partial charge >= 0.3 is 0 Å². The van der Waals surface area contributed by atoms with E-state index in [1.165, 1.54) is 0 Å². The van der Waals surface area contributed by atoms with Gasteiger partial charge in [0, 0.05) is 39.3 Å². The second-order valence-electron chi connectivity index (χ2n) is 8.21. The van der Waals surface area contributed by atoms with E-state index in [1.54, 1.807) is 16.9 Å². The van der Waals surface area contributed by atoms with Crippen LogP contribution in [0.25, 0.3) is 0 Å². The second-order valence-corrected chi connectivity index (χ2v) is 8.21. The molecule has 0 saturated carbocycles. The predicted molar refractivity (Wildman–Crippen MR) is 107 cm³/mol. The van der Waals surface area contributed by atoms with Crippen LogP contribution in [0.5, 0.6) is 0 Å². The van der Waals surface area contributed by atoms with Crippen LogP contribution in [0.1, 0.15) is 32.3 Å². The minimum atomic E-state index is -0.181. The zero-order chi connectivity index (χ0) is 20.1. The molecule has 1 aromatic carbocycles. The summed E-state index contributed by atoms with van der Waals surface area (Å²) in [6.07, 6.45) is 1.38. The molecule has 6 nitrogen and oxygen atoms in total. The molecule has 0 bridgehead atoms. The van der Waals surface area contributed by atoms with Crippen molar-refractivity contribution >= 4 is 11.8 Å². The summed E-state index contributed by atoms with van der Waals surface area (Å²) in [6.45, 7) is 6.45. The highest BCUT2D eigenvalue weighted by molar-refractivity contribution is 5.86. The van der Waals surface area contributed by atoms with Crippen molar-refractivity contribution in [3.63, 3.8) is 0 Å². The van der Waals surface area contributed by atoms with Gasteiger partial charge in [0.25, 0.3) is 0 Å². The Hall–Kier alpha value is -1.92. The first-order valence-electron chi connectivity index (χ1n) is 10.2. The third-order valence-corrected chi connectivity index (χ3v) is 5.80. The zero-order valence-electron chi connectivity index (χ0n) is 17.2. The first-order chi connectivity index (χ1) is 13.5. The van der Waals surface area contributed by atoms with Crippen LogP contribution in [-0.2, 0) is 25.6 Å². The van der Waals surface area contributed by atoms with E-state index in [2.05, 4.69) is 13.8 Å². The van der Waals surface area contributed by atoms with E-state index in [-0.39, 0.29) is 36.5 Å². The number of benzene rings is 1. The monoisotopic (exact) mass is 388 g/mol. The van der Waals surface area contributed by atoms with Crippen LogP contribution in [0.2, 0.25) is 0 Å². The van der Waals surface area contributed by atoms with Crippen LogP contribution in [0.3, 0.4) is 0 Å². The molecule has 2 saturated heterocycles. The van der Waals surface area contributed by atoms with E-state index in [4.69, 9.17) is 9.47 Å². The maximum atomic E-state index is 13.2. The quantitative estimate of drug-likeness (QED) is 0.777. The molecule has 28 heavy (non-hydrogen) atoms. The molecule has 154 valence electrons. The SMILES string of the molecule is COC1CN(Cc2ccccc2)C(=O)CN(C(=O)C2CCOC(C(C)C)C2)C1. The lowest BCUT2D eigenvalue weighted by molar-refractivity contribution is -0.146. The number of hydrogen-bond acceptors (Lipinski definition) is 4. The summed E-state index contributed by atoms with van der Waals surface area (Å²) < 4.78 is 11.4. The van der Waals surface area contributed by atoms with Crippen molar-refractivity contribution in [3.8, 4) is 0 Å². The van der Waals surface area contributed by atoms with E-state index in [9.17, 15) is 9.59 Å². The third-order valence-electron chi connectivity index (χ3n) is 5.80. The minimum Gasteiger partial charge on any atom is -0.378 e. The Kier molecular flexibility index (Phi) is 7.08. The number of nitrogens with zero attached hydrogens (tertiary/aromatic N) is 2. The summed E-state index contributed by atoms with van der Waals surface area (Å²) in [6, 6.07) is 9.92. The van der Waals surface area contributed by atoms with Gasteiger partial charge in [-0.25, -0.2) is 0 Å². The van der Waals surface area contributed by atoms with E-state index in [1.807, 2.05) is 30.3 Å². The van der Waals surface area contributed by atoms with Crippen LogP contribution >= 0.6 is 0 Å². The predicted octanol–water partition coefficient (Wildman–Crippen LogP) is 2.32. The van der Waals surface area contributed by atoms with Crippen LogP contribution < -0.4 is 0 Å². The first kappa shape index (κ1) is 20.8. The van der Waals surface area contributed by atoms with Crippen molar-refractivity contribution < 1.29 is 19.1 Å². The number of ether oxygens (including phenoxy) is 2. The fourth-order valence-electron chi connectivity index (χ4n) is 4.03. The highest BCUT2D eigenvalue weighted by atomic mass is 16.5. The first-order valence-corrected chi connectivity index (χ1v) is 10.2. The molecule has 2 heterocycles. The van der Waals surface area contributed by atoms with Crippen LogP contribution in [-0.4, -0.2) is 67.2 Å². The topological polar surface area (TPSA) is 59.1 Å². The summed E-state index contributed by atoms with van der Waals surface area (Å²) in [4.78, 5) is 29.6. The summed E-state index contributed by atoms with van der Waals surface area (Å²) in [5.74, 6) is 0.344. The van der Waals surface area contributed by atoms with Gasteiger partial charge in [0.15, 0.2) is 0 Å². The molecule has 2 amide bonds. The molecular weight excluding hydrogens is 356 g/mol. The van der Waals surface area contributed by atoms with Crippen molar-refractivity contribution in [2.24, 2.45) is 11.8 Å². The highest BCUT2D eigenvalue weighted by Crippen LogP contribution is 2.27. The Morgan fingerprint density at radius 3 is 2.68 bits per heavy atom. The number of carbonyl (C=O) groups is 2. The molecule has 3 atom stereocenters. The van der Waals surface area contributed by atoms with Gasteiger partial charge in [-0.2, -0.15) is 0 Å². The van der Waals surface area contributed by atoms with E-state index in [0.717, 1.165) is 18.4 Å². The smallest absolute Gasteiger partial charge is 0.242 e. The van der Waals surface area contributed by atoms with Gasteiger partial charge < -0.3 is 19.3 Å². The van der Waals surface area contributed by atoms with Crippen molar-refractivity contribution in [3.05, 3.63) is 35.9 Å². The highest BCUT2D eigenvalue weighted by Gasteiger charge is 2.36. The van der Waals surface area contributed by atoms with Crippen LogP contribution in [0, 0.1) is 11.8 Å². The molecule has 6 heteroatoms. The average Bonchev–Trinajstić information content (AvgIpc) is 2.87. The fourth-order valence-corrected chi connectivity index (χ4v) is 4.03. The number of amides is 2. The van der Waals surface area contributed by atoms with Gasteiger partial charge in [0.2, 0.25) is 11.8 Å². The lowest BCUT2D eigenvalue weighted by atomic mass is 9.89. The summed E-state index contributed by atoms with van der Waals surface area (Å²) in [7, 11) is 1.65. The molecule has 0 spiro atoms. The van der Waals surface area contributed by atoms with Crippen molar-refractivity contribution in [2.45, 2.75) is 45.4 Å². The molecule has 0 N–H and O–H groups in total.